The molecule has 7 rings (SSSR count). The van der Waals surface area contributed by atoms with Crippen molar-refractivity contribution < 1.29 is 18.0 Å². The minimum Gasteiger partial charge on any atom is -0.399 e. The summed E-state index contributed by atoms with van der Waals surface area (Å²) in [5.74, 6) is 0.0815. The lowest BCUT2D eigenvalue weighted by Crippen LogP contribution is -2.15. The second-order valence-corrected chi connectivity index (χ2v) is 15.4. The number of carbonyl (C=O) groups excluding carboxylic acids is 2. The lowest BCUT2D eigenvalue weighted by atomic mass is 10.0. The maximum Gasteiger partial charge on any atom is 0.262 e. The van der Waals surface area contributed by atoms with E-state index >= 15 is 0 Å². The van der Waals surface area contributed by atoms with Gasteiger partial charge in [-0.3, -0.25) is 14.3 Å². The fraction of sp³-hybridized carbons (Fsp3) is 0.200. The SMILES string of the molecule is CC(C)n1cc(C(=O)c2cccc(N)c2)c2c(N)ncnc21.Cc1ccc(C)c(S(=O)(=O)Nc2cccc(C(=O)c3cn(C(C)C)c4ncnc(N)c34)c2)c1. The van der Waals surface area contributed by atoms with Gasteiger partial charge in [0.25, 0.3) is 10.0 Å². The van der Waals surface area contributed by atoms with E-state index in [2.05, 4.69) is 24.7 Å². The van der Waals surface area contributed by atoms with Crippen LogP contribution >= 0.6 is 0 Å². The summed E-state index contributed by atoms with van der Waals surface area (Å²) < 4.78 is 32.4. The molecule has 4 heterocycles. The Bertz CT molecular complexity index is 2720. The summed E-state index contributed by atoms with van der Waals surface area (Å²) in [7, 11) is -3.83. The Morgan fingerprint density at radius 2 is 1.18 bits per heavy atom. The van der Waals surface area contributed by atoms with Crippen molar-refractivity contribution in [2.24, 2.45) is 0 Å². The number of aryl methyl sites for hydroxylation is 2. The van der Waals surface area contributed by atoms with E-state index < -0.39 is 10.0 Å². The van der Waals surface area contributed by atoms with Gasteiger partial charge < -0.3 is 26.3 Å². The average molecular weight is 759 g/mol. The van der Waals surface area contributed by atoms with Gasteiger partial charge in [0.1, 0.15) is 35.6 Å². The van der Waals surface area contributed by atoms with Gasteiger partial charge in [0, 0.05) is 47.0 Å². The van der Waals surface area contributed by atoms with Gasteiger partial charge in [-0.25, -0.2) is 28.4 Å². The minimum absolute atomic E-state index is 0.0547. The van der Waals surface area contributed by atoms with Gasteiger partial charge in [-0.1, -0.05) is 36.4 Å². The molecule has 0 aliphatic heterocycles. The molecule has 55 heavy (non-hydrogen) atoms. The van der Waals surface area contributed by atoms with E-state index in [4.69, 9.17) is 17.2 Å². The van der Waals surface area contributed by atoms with Gasteiger partial charge in [-0.15, -0.1) is 0 Å². The van der Waals surface area contributed by atoms with Crippen molar-refractivity contribution in [3.05, 3.63) is 125 Å². The van der Waals surface area contributed by atoms with Gasteiger partial charge in [0.05, 0.1) is 26.8 Å². The number of benzene rings is 3. The fourth-order valence-electron chi connectivity index (χ4n) is 6.27. The molecule has 282 valence electrons. The lowest BCUT2D eigenvalue weighted by Gasteiger charge is -2.12. The number of rotatable bonds is 9. The second-order valence-electron chi connectivity index (χ2n) is 13.7. The predicted molar refractivity (Wildman–Crippen MR) is 216 cm³/mol. The van der Waals surface area contributed by atoms with Gasteiger partial charge in [-0.05, 0) is 83.0 Å². The predicted octanol–water partition coefficient (Wildman–Crippen LogP) is 6.65. The number of aromatic nitrogens is 6. The Balaban J connectivity index is 0.000000203. The number of nitrogens with zero attached hydrogens (tertiary/aromatic N) is 6. The zero-order chi connectivity index (χ0) is 39.8. The third-order valence-electron chi connectivity index (χ3n) is 9.04. The highest BCUT2D eigenvalue weighted by molar-refractivity contribution is 7.92. The van der Waals surface area contributed by atoms with Crippen LogP contribution in [0.1, 0.15) is 82.7 Å². The quantitative estimate of drug-likeness (QED) is 0.0902. The Hall–Kier alpha value is -6.61. The van der Waals surface area contributed by atoms with Crippen LogP contribution in [0.15, 0.2) is 96.7 Å². The van der Waals surface area contributed by atoms with Gasteiger partial charge in [-0.2, -0.15) is 0 Å². The van der Waals surface area contributed by atoms with Crippen molar-refractivity contribution in [2.45, 2.75) is 58.5 Å². The minimum atomic E-state index is -3.83. The molecule has 0 amide bonds. The monoisotopic (exact) mass is 758 g/mol. The van der Waals surface area contributed by atoms with Crippen LogP contribution in [0.2, 0.25) is 0 Å². The number of fused-ring (bicyclic) bond motifs is 2. The third-order valence-corrected chi connectivity index (χ3v) is 10.6. The van der Waals surface area contributed by atoms with Crippen LogP contribution in [0.5, 0.6) is 0 Å². The summed E-state index contributed by atoms with van der Waals surface area (Å²) in [6, 6.07) is 18.7. The Morgan fingerprint density at radius 3 is 1.69 bits per heavy atom. The standard InChI is InChI=1S/C24H25N5O3S.C16H17N5O/c1-14(2)29-12-19(21-23(25)26-13-27-24(21)29)22(30)17-6-5-7-18(11-17)28-33(31,32)20-10-15(3)8-9-16(20)4;1-9(2)21-7-12(13-15(18)19-8-20-16(13)21)14(22)10-4-3-5-11(17)6-10/h5-14,28H,1-4H3,(H2,25,26,27);3-9H,17H2,1-2H3,(H2,18,19,20). The van der Waals surface area contributed by atoms with Crippen LogP contribution in [0.25, 0.3) is 22.1 Å². The highest BCUT2D eigenvalue weighted by Gasteiger charge is 2.24. The normalized spacial score (nSPS) is 11.6. The summed E-state index contributed by atoms with van der Waals surface area (Å²) in [5, 5.41) is 1.07. The molecule has 0 unspecified atom stereocenters. The van der Waals surface area contributed by atoms with Crippen LogP contribution < -0.4 is 21.9 Å². The molecular formula is C40H42N10O4S. The topological polar surface area (TPSA) is 220 Å². The van der Waals surface area contributed by atoms with Gasteiger partial charge >= 0.3 is 0 Å². The molecule has 0 atom stereocenters. The molecule has 0 aliphatic rings. The Morgan fingerprint density at radius 1 is 0.673 bits per heavy atom. The molecule has 0 fully saturated rings. The zero-order valence-electron chi connectivity index (χ0n) is 31.3. The molecule has 0 spiro atoms. The molecule has 15 heteroatoms. The number of carbonyl (C=O) groups is 2. The molecule has 0 radical (unpaired) electrons. The summed E-state index contributed by atoms with van der Waals surface area (Å²) in [5.41, 5.74) is 23.1. The van der Waals surface area contributed by atoms with Crippen LogP contribution in [-0.4, -0.2) is 49.1 Å². The highest BCUT2D eigenvalue weighted by Crippen LogP contribution is 2.31. The number of hydrogen-bond acceptors (Lipinski definition) is 11. The molecule has 0 saturated heterocycles. The molecule has 0 bridgehead atoms. The largest absolute Gasteiger partial charge is 0.399 e. The number of ketones is 2. The van der Waals surface area contributed by atoms with Crippen molar-refractivity contribution in [1.29, 1.82) is 0 Å². The van der Waals surface area contributed by atoms with Crippen molar-refractivity contribution in [3.8, 4) is 0 Å². The maximum absolute atomic E-state index is 13.4. The van der Waals surface area contributed by atoms with E-state index in [9.17, 15) is 18.0 Å². The third kappa shape index (κ3) is 7.59. The first-order valence-electron chi connectivity index (χ1n) is 17.4. The molecule has 0 saturated carbocycles. The zero-order valence-corrected chi connectivity index (χ0v) is 32.1. The van der Waals surface area contributed by atoms with Crippen molar-refractivity contribution in [1.82, 2.24) is 29.1 Å². The molecule has 14 nitrogen and oxygen atoms in total. The van der Waals surface area contributed by atoms with Crippen LogP contribution in [0.4, 0.5) is 23.0 Å². The summed E-state index contributed by atoms with van der Waals surface area (Å²) >= 11 is 0. The first kappa shape index (κ1) is 38.1. The van der Waals surface area contributed by atoms with E-state index in [0.717, 1.165) is 5.56 Å². The number of nitrogen functional groups attached to an aromatic ring is 3. The highest BCUT2D eigenvalue weighted by atomic mass is 32.2. The fourth-order valence-corrected chi connectivity index (χ4v) is 7.65. The average Bonchev–Trinajstić information content (AvgIpc) is 3.74. The van der Waals surface area contributed by atoms with Crippen molar-refractivity contribution >= 4 is 66.7 Å². The molecule has 3 aromatic carbocycles. The Kier molecular flexibility index (Phi) is 10.4. The van der Waals surface area contributed by atoms with E-state index in [0.29, 0.717) is 67.1 Å². The van der Waals surface area contributed by atoms with E-state index in [1.165, 1.54) is 18.7 Å². The van der Waals surface area contributed by atoms with Crippen molar-refractivity contribution in [3.63, 3.8) is 0 Å². The number of nitrogens with two attached hydrogens (primary N) is 3. The molecule has 0 aliphatic carbocycles. The van der Waals surface area contributed by atoms with E-state index in [-0.39, 0.29) is 34.4 Å². The number of anilines is 4. The smallest absolute Gasteiger partial charge is 0.262 e. The number of nitrogens with one attached hydrogen (secondary N) is 1. The van der Waals surface area contributed by atoms with E-state index in [1.54, 1.807) is 73.9 Å². The van der Waals surface area contributed by atoms with Gasteiger partial charge in [0.2, 0.25) is 0 Å². The van der Waals surface area contributed by atoms with Crippen LogP contribution in [0.3, 0.4) is 0 Å². The molecule has 7 N–H and O–H groups in total. The first-order chi connectivity index (χ1) is 26.1. The van der Waals surface area contributed by atoms with Crippen LogP contribution in [-0.2, 0) is 10.0 Å². The molecule has 7 aromatic rings. The number of sulfonamides is 1. The molecular weight excluding hydrogens is 717 g/mol. The summed E-state index contributed by atoms with van der Waals surface area (Å²) in [6.45, 7) is 11.6. The van der Waals surface area contributed by atoms with E-state index in [1.807, 2.05) is 49.8 Å². The van der Waals surface area contributed by atoms with Gasteiger partial charge in [0.15, 0.2) is 11.6 Å². The molecule has 4 aromatic heterocycles. The Labute approximate surface area is 318 Å². The summed E-state index contributed by atoms with van der Waals surface area (Å²) in [6.07, 6.45) is 6.28. The first-order valence-corrected chi connectivity index (χ1v) is 18.9. The second kappa shape index (κ2) is 15.0. The lowest BCUT2D eigenvalue weighted by molar-refractivity contribution is 0.103. The van der Waals surface area contributed by atoms with Crippen LogP contribution in [0, 0.1) is 13.8 Å². The number of hydrogen-bond donors (Lipinski definition) is 4. The summed E-state index contributed by atoms with van der Waals surface area (Å²) in [4.78, 5) is 43.1. The van der Waals surface area contributed by atoms with Crippen molar-refractivity contribution in [2.75, 3.05) is 21.9 Å². The maximum atomic E-state index is 13.4.